The van der Waals surface area contributed by atoms with Gasteiger partial charge in [0.2, 0.25) is 0 Å². The van der Waals surface area contributed by atoms with Gasteiger partial charge in [0, 0.05) is 38.0 Å². The maximum Gasteiger partial charge on any atom is 0.137 e. The summed E-state index contributed by atoms with van der Waals surface area (Å²) in [6, 6.07) is 0.391. The molecule has 1 saturated heterocycles. The molecule has 2 fully saturated rings. The van der Waals surface area contributed by atoms with Gasteiger partial charge in [0.15, 0.2) is 0 Å². The van der Waals surface area contributed by atoms with Crippen LogP contribution in [0.2, 0.25) is 0 Å². The molecular weight excluding hydrogens is 264 g/mol. The molecule has 2 rings (SSSR count). The lowest BCUT2D eigenvalue weighted by atomic mass is 9.75. The number of nitrogens with zero attached hydrogens (tertiary/aromatic N) is 2. The molecule has 0 aromatic rings. The Balaban J connectivity index is 1.96. The first-order valence-electron chi connectivity index (χ1n) is 8.46. The monoisotopic (exact) mass is 296 g/mol. The van der Waals surface area contributed by atoms with E-state index in [0.29, 0.717) is 23.7 Å². The number of carbonyl (C=O) groups is 1. The molecule has 1 saturated carbocycles. The largest absolute Gasteiger partial charge is 0.392 e. The van der Waals surface area contributed by atoms with Crippen molar-refractivity contribution < 1.29 is 9.90 Å². The van der Waals surface area contributed by atoms with Crippen molar-refractivity contribution in [2.45, 2.75) is 51.7 Å². The maximum absolute atomic E-state index is 12.3. The van der Waals surface area contributed by atoms with Crippen LogP contribution in [0.3, 0.4) is 0 Å². The summed E-state index contributed by atoms with van der Waals surface area (Å²) in [5, 5.41) is 9.97. The van der Waals surface area contributed by atoms with E-state index in [1.807, 2.05) is 0 Å². The number of likely N-dealkylation sites (tertiary alicyclic amines) is 1. The van der Waals surface area contributed by atoms with Crippen LogP contribution in [0.1, 0.15) is 39.5 Å². The predicted octanol–water partition coefficient (Wildman–Crippen LogP) is 1.62. The van der Waals surface area contributed by atoms with Crippen LogP contribution in [0.15, 0.2) is 0 Å². The highest BCUT2D eigenvalue weighted by atomic mass is 16.3. The second-order valence-corrected chi connectivity index (χ2v) is 7.70. The first-order chi connectivity index (χ1) is 9.86. The van der Waals surface area contributed by atoms with Gasteiger partial charge in [-0.1, -0.05) is 13.8 Å². The van der Waals surface area contributed by atoms with Crippen LogP contribution in [-0.4, -0.2) is 66.6 Å². The standard InChI is InChI=1S/C17H32N2O2/c1-12(2)13-5-6-17(21)14(7-13)9-19-11-16(20)8-15(19)10-18(3)4/h12-16,20H,5-11H2,1-4H3. The van der Waals surface area contributed by atoms with Gasteiger partial charge < -0.3 is 10.0 Å². The van der Waals surface area contributed by atoms with Crippen molar-refractivity contribution in [1.29, 1.82) is 0 Å². The van der Waals surface area contributed by atoms with Gasteiger partial charge in [0.1, 0.15) is 5.78 Å². The highest BCUT2D eigenvalue weighted by molar-refractivity contribution is 5.82. The lowest BCUT2D eigenvalue weighted by Gasteiger charge is -2.35. The number of likely N-dealkylation sites (N-methyl/N-ethyl adjacent to an activating group) is 1. The molecule has 1 aliphatic carbocycles. The van der Waals surface area contributed by atoms with Crippen LogP contribution in [0.25, 0.3) is 0 Å². The van der Waals surface area contributed by atoms with Crippen LogP contribution in [0.4, 0.5) is 0 Å². The van der Waals surface area contributed by atoms with Gasteiger partial charge >= 0.3 is 0 Å². The summed E-state index contributed by atoms with van der Waals surface area (Å²) < 4.78 is 0. The second kappa shape index (κ2) is 7.21. The Bertz CT molecular complexity index is 357. The van der Waals surface area contributed by atoms with Gasteiger partial charge in [-0.2, -0.15) is 0 Å². The smallest absolute Gasteiger partial charge is 0.137 e. The summed E-state index contributed by atoms with van der Waals surface area (Å²) in [4.78, 5) is 16.8. The van der Waals surface area contributed by atoms with Crippen molar-refractivity contribution in [3.8, 4) is 0 Å². The molecule has 4 atom stereocenters. The van der Waals surface area contributed by atoms with Crippen LogP contribution in [0, 0.1) is 17.8 Å². The highest BCUT2D eigenvalue weighted by Crippen LogP contribution is 2.33. The average Bonchev–Trinajstić information content (AvgIpc) is 2.71. The number of aliphatic hydroxyl groups excluding tert-OH is 1. The maximum atomic E-state index is 12.3. The molecular formula is C17H32N2O2. The van der Waals surface area contributed by atoms with Crippen LogP contribution in [0.5, 0.6) is 0 Å². The third-order valence-corrected chi connectivity index (χ3v) is 5.28. The molecule has 4 nitrogen and oxygen atoms in total. The number of ketones is 1. The van der Waals surface area contributed by atoms with E-state index < -0.39 is 0 Å². The third-order valence-electron chi connectivity index (χ3n) is 5.28. The fraction of sp³-hybridized carbons (Fsp3) is 0.941. The average molecular weight is 296 g/mol. The molecule has 21 heavy (non-hydrogen) atoms. The third kappa shape index (κ3) is 4.51. The molecule has 1 heterocycles. The van der Waals surface area contributed by atoms with Crippen molar-refractivity contribution in [3.05, 3.63) is 0 Å². The lowest BCUT2D eigenvalue weighted by Crippen LogP contribution is -2.43. The molecule has 0 amide bonds. The SMILES string of the molecule is CC(C)C1CCC(=O)C(CN2CC(O)CC2CN(C)C)C1. The molecule has 1 aliphatic heterocycles. The normalized spacial score (nSPS) is 35.1. The fourth-order valence-corrected chi connectivity index (χ4v) is 4.00. The summed E-state index contributed by atoms with van der Waals surface area (Å²) in [5.74, 6) is 1.98. The minimum Gasteiger partial charge on any atom is -0.392 e. The van der Waals surface area contributed by atoms with Gasteiger partial charge in [-0.05, 0) is 45.2 Å². The van der Waals surface area contributed by atoms with Gasteiger partial charge in [0.05, 0.1) is 6.10 Å². The van der Waals surface area contributed by atoms with Gasteiger partial charge in [-0.15, -0.1) is 0 Å². The zero-order chi connectivity index (χ0) is 15.6. The molecule has 0 aromatic heterocycles. The van der Waals surface area contributed by atoms with Crippen molar-refractivity contribution in [1.82, 2.24) is 9.80 Å². The first-order valence-corrected chi connectivity index (χ1v) is 8.46. The molecule has 0 spiro atoms. The van der Waals surface area contributed by atoms with E-state index in [1.165, 1.54) is 0 Å². The van der Waals surface area contributed by atoms with Crippen LogP contribution < -0.4 is 0 Å². The number of β-amino-alcohol motifs (C(OH)–C–C–N with tert-alkyl or cyclic N) is 1. The molecule has 4 heteroatoms. The lowest BCUT2D eigenvalue weighted by molar-refractivity contribution is -0.126. The first kappa shape index (κ1) is 16.9. The zero-order valence-electron chi connectivity index (χ0n) is 14.1. The Morgan fingerprint density at radius 1 is 1.33 bits per heavy atom. The van der Waals surface area contributed by atoms with E-state index in [-0.39, 0.29) is 12.0 Å². The minimum absolute atomic E-state index is 0.182. The summed E-state index contributed by atoms with van der Waals surface area (Å²) in [5.41, 5.74) is 0. The van der Waals surface area contributed by atoms with E-state index in [1.54, 1.807) is 0 Å². The molecule has 4 unspecified atom stereocenters. The fourth-order valence-electron chi connectivity index (χ4n) is 4.00. The molecule has 0 bridgehead atoms. The highest BCUT2D eigenvalue weighted by Gasteiger charge is 2.36. The molecule has 2 aliphatic rings. The van der Waals surface area contributed by atoms with Gasteiger partial charge in [-0.25, -0.2) is 0 Å². The van der Waals surface area contributed by atoms with Crippen molar-refractivity contribution in [3.63, 3.8) is 0 Å². The Labute approximate surface area is 129 Å². The zero-order valence-corrected chi connectivity index (χ0v) is 14.1. The quantitative estimate of drug-likeness (QED) is 0.837. The van der Waals surface area contributed by atoms with E-state index in [4.69, 9.17) is 0 Å². The van der Waals surface area contributed by atoms with Gasteiger partial charge in [-0.3, -0.25) is 9.69 Å². The van der Waals surface area contributed by atoms with Crippen molar-refractivity contribution in [2.24, 2.45) is 17.8 Å². The van der Waals surface area contributed by atoms with Crippen LogP contribution >= 0.6 is 0 Å². The van der Waals surface area contributed by atoms with E-state index in [0.717, 1.165) is 45.3 Å². The van der Waals surface area contributed by atoms with Crippen LogP contribution in [-0.2, 0) is 4.79 Å². The number of carbonyl (C=O) groups excluding carboxylic acids is 1. The summed E-state index contributed by atoms with van der Waals surface area (Å²) in [6.07, 6.45) is 3.47. The Kier molecular flexibility index (Phi) is 5.81. The van der Waals surface area contributed by atoms with E-state index in [9.17, 15) is 9.90 Å². The molecule has 0 aromatic carbocycles. The minimum atomic E-state index is -0.227. The molecule has 122 valence electrons. The summed E-state index contributed by atoms with van der Waals surface area (Å²) >= 11 is 0. The van der Waals surface area contributed by atoms with E-state index >= 15 is 0 Å². The van der Waals surface area contributed by atoms with Crippen molar-refractivity contribution in [2.75, 3.05) is 33.7 Å². The van der Waals surface area contributed by atoms with Gasteiger partial charge in [0.25, 0.3) is 0 Å². The second-order valence-electron chi connectivity index (χ2n) is 7.70. The number of hydrogen-bond acceptors (Lipinski definition) is 4. The Morgan fingerprint density at radius 3 is 2.67 bits per heavy atom. The Morgan fingerprint density at radius 2 is 2.05 bits per heavy atom. The predicted molar refractivity (Wildman–Crippen MR) is 85.2 cm³/mol. The number of Topliss-reactive ketones (excluding diaryl/α,β-unsaturated/α-hetero) is 1. The number of aliphatic hydroxyl groups is 1. The Hall–Kier alpha value is -0.450. The van der Waals surface area contributed by atoms with Crippen molar-refractivity contribution >= 4 is 5.78 Å². The summed E-state index contributed by atoms with van der Waals surface area (Å²) in [6.45, 7) is 7.08. The van der Waals surface area contributed by atoms with E-state index in [2.05, 4.69) is 37.7 Å². The number of hydrogen-bond donors (Lipinski definition) is 1. The molecule has 1 N–H and O–H groups in total. The summed E-state index contributed by atoms with van der Waals surface area (Å²) in [7, 11) is 4.15. The number of rotatable bonds is 5. The topological polar surface area (TPSA) is 43.8 Å². The molecule has 0 radical (unpaired) electrons.